The molecular weight excluding hydrogens is 507 g/mol. The largest absolute Gasteiger partial charge is 0.417 e. The number of hydrogen-bond donors (Lipinski definition) is 2. The van der Waals surface area contributed by atoms with Crippen molar-refractivity contribution >= 4 is 39.1 Å². The average molecular weight is 532 g/mol. The van der Waals surface area contributed by atoms with Crippen molar-refractivity contribution in [1.82, 2.24) is 9.62 Å². The summed E-state index contributed by atoms with van der Waals surface area (Å²) >= 11 is 5.58. The summed E-state index contributed by atoms with van der Waals surface area (Å²) in [4.78, 5) is 25.2. The molecular formula is C23H25ClF3N3O4S. The average Bonchev–Trinajstić information content (AvgIpc) is 2.79. The van der Waals surface area contributed by atoms with Gasteiger partial charge in [0.1, 0.15) is 6.04 Å². The number of sulfonamides is 1. The van der Waals surface area contributed by atoms with Crippen LogP contribution >= 0.6 is 11.6 Å². The number of anilines is 1. The first kappa shape index (κ1) is 27.0. The SMILES string of the molecule is Cc1ccc(S(=O)(=O)N2CCC(C(=O)N[C@@H](C)C(=O)Nc3ccc(Cl)c(C(F)(F)F)c3)CC2)cc1. The van der Waals surface area contributed by atoms with Crippen LogP contribution in [0.15, 0.2) is 47.4 Å². The molecule has 1 fully saturated rings. The number of hydrogen-bond acceptors (Lipinski definition) is 4. The van der Waals surface area contributed by atoms with Crippen LogP contribution in [0.2, 0.25) is 5.02 Å². The lowest BCUT2D eigenvalue weighted by Crippen LogP contribution is -2.47. The first-order valence-electron chi connectivity index (χ1n) is 10.8. The molecule has 0 saturated carbocycles. The van der Waals surface area contributed by atoms with Gasteiger partial charge in [0.05, 0.1) is 15.5 Å². The zero-order valence-corrected chi connectivity index (χ0v) is 20.6. The third kappa shape index (κ3) is 6.53. The van der Waals surface area contributed by atoms with E-state index in [0.717, 1.165) is 17.7 Å². The van der Waals surface area contributed by atoms with Crippen molar-refractivity contribution in [2.24, 2.45) is 5.92 Å². The van der Waals surface area contributed by atoms with Gasteiger partial charge in [-0.25, -0.2) is 8.42 Å². The smallest absolute Gasteiger partial charge is 0.344 e. The summed E-state index contributed by atoms with van der Waals surface area (Å²) in [6.45, 7) is 3.57. The van der Waals surface area contributed by atoms with E-state index in [2.05, 4.69) is 10.6 Å². The molecule has 0 aromatic heterocycles. The van der Waals surface area contributed by atoms with E-state index in [1.807, 2.05) is 6.92 Å². The molecule has 3 rings (SSSR count). The van der Waals surface area contributed by atoms with Gasteiger partial charge in [-0.05, 0) is 57.0 Å². The minimum atomic E-state index is -4.68. The highest BCUT2D eigenvalue weighted by Crippen LogP contribution is 2.36. The first-order valence-corrected chi connectivity index (χ1v) is 12.7. The normalized spacial score (nSPS) is 16.5. The van der Waals surface area contributed by atoms with Gasteiger partial charge in [-0.1, -0.05) is 29.3 Å². The molecule has 0 radical (unpaired) electrons. The molecule has 2 aromatic carbocycles. The van der Waals surface area contributed by atoms with Gasteiger partial charge in [0.2, 0.25) is 21.8 Å². The van der Waals surface area contributed by atoms with Crippen LogP contribution in [0.5, 0.6) is 0 Å². The van der Waals surface area contributed by atoms with Gasteiger partial charge in [0.25, 0.3) is 0 Å². The fourth-order valence-corrected chi connectivity index (χ4v) is 5.38. The molecule has 0 spiro atoms. The molecule has 12 heteroatoms. The second-order valence-electron chi connectivity index (χ2n) is 8.40. The number of amides is 2. The number of nitrogens with zero attached hydrogens (tertiary/aromatic N) is 1. The van der Waals surface area contributed by atoms with Crippen molar-refractivity contribution in [3.63, 3.8) is 0 Å². The van der Waals surface area contributed by atoms with E-state index < -0.39 is 50.6 Å². The van der Waals surface area contributed by atoms with Crippen molar-refractivity contribution in [2.75, 3.05) is 18.4 Å². The van der Waals surface area contributed by atoms with Crippen LogP contribution in [0.1, 0.15) is 30.9 Å². The fraction of sp³-hybridized carbons (Fsp3) is 0.391. The molecule has 0 aliphatic carbocycles. The lowest BCUT2D eigenvalue weighted by molar-refractivity contribution is -0.137. The number of benzene rings is 2. The first-order chi connectivity index (χ1) is 16.3. The number of rotatable bonds is 6. The minimum Gasteiger partial charge on any atom is -0.344 e. The maximum atomic E-state index is 13.0. The third-order valence-electron chi connectivity index (χ3n) is 5.77. The van der Waals surface area contributed by atoms with Crippen LogP contribution in [0.3, 0.4) is 0 Å². The molecule has 1 saturated heterocycles. The molecule has 190 valence electrons. The Morgan fingerprint density at radius 2 is 1.69 bits per heavy atom. The predicted octanol–water partition coefficient (Wildman–Crippen LogP) is 4.21. The second-order valence-corrected chi connectivity index (χ2v) is 10.7. The lowest BCUT2D eigenvalue weighted by Gasteiger charge is -2.31. The van der Waals surface area contributed by atoms with E-state index in [-0.39, 0.29) is 36.5 Å². The number of aryl methyl sites for hydroxylation is 1. The van der Waals surface area contributed by atoms with E-state index >= 15 is 0 Å². The Balaban J connectivity index is 1.55. The van der Waals surface area contributed by atoms with Crippen molar-refractivity contribution in [1.29, 1.82) is 0 Å². The minimum absolute atomic E-state index is 0.109. The molecule has 1 aliphatic rings. The number of alkyl halides is 3. The topological polar surface area (TPSA) is 95.6 Å². The maximum Gasteiger partial charge on any atom is 0.417 e. The Morgan fingerprint density at radius 3 is 2.26 bits per heavy atom. The number of carbonyl (C=O) groups is 2. The molecule has 35 heavy (non-hydrogen) atoms. The monoisotopic (exact) mass is 531 g/mol. The molecule has 1 heterocycles. The number of carbonyl (C=O) groups excluding carboxylic acids is 2. The zero-order valence-electron chi connectivity index (χ0n) is 19.0. The van der Waals surface area contributed by atoms with Crippen molar-refractivity contribution in [3.8, 4) is 0 Å². The van der Waals surface area contributed by atoms with E-state index in [9.17, 15) is 31.2 Å². The van der Waals surface area contributed by atoms with Gasteiger partial charge in [0, 0.05) is 24.7 Å². The quantitative estimate of drug-likeness (QED) is 0.583. The summed E-state index contributed by atoms with van der Waals surface area (Å²) < 4.78 is 66.0. The van der Waals surface area contributed by atoms with Gasteiger partial charge < -0.3 is 10.6 Å². The van der Waals surface area contributed by atoms with Gasteiger partial charge >= 0.3 is 6.18 Å². The van der Waals surface area contributed by atoms with Gasteiger partial charge in [0.15, 0.2) is 0 Å². The van der Waals surface area contributed by atoms with Gasteiger partial charge in [-0.3, -0.25) is 9.59 Å². The van der Waals surface area contributed by atoms with Crippen LogP contribution < -0.4 is 10.6 Å². The van der Waals surface area contributed by atoms with E-state index in [1.165, 1.54) is 17.3 Å². The summed E-state index contributed by atoms with van der Waals surface area (Å²) in [6.07, 6.45) is -4.13. The summed E-state index contributed by atoms with van der Waals surface area (Å²) in [5.74, 6) is -1.62. The number of halogens is 4. The predicted molar refractivity (Wildman–Crippen MR) is 125 cm³/mol. The molecule has 1 atom stereocenters. The summed E-state index contributed by atoms with van der Waals surface area (Å²) in [5.41, 5.74) is -0.252. The molecule has 2 amide bonds. The van der Waals surface area contributed by atoms with Crippen LogP contribution in [0.4, 0.5) is 18.9 Å². The second kappa shape index (κ2) is 10.5. The highest BCUT2D eigenvalue weighted by Gasteiger charge is 2.34. The summed E-state index contributed by atoms with van der Waals surface area (Å²) in [6, 6.07) is 8.47. The van der Waals surface area contributed by atoms with E-state index in [1.54, 1.807) is 24.3 Å². The van der Waals surface area contributed by atoms with Crippen LogP contribution in [0.25, 0.3) is 0 Å². The molecule has 1 aliphatic heterocycles. The standard InChI is InChI=1S/C23H25ClF3N3O4S/c1-14-3-6-18(7-4-14)35(33,34)30-11-9-16(10-12-30)22(32)28-15(2)21(31)29-17-5-8-20(24)19(13-17)23(25,26)27/h3-8,13,15-16H,9-12H2,1-2H3,(H,28,32)(H,29,31)/t15-/m0/s1. The molecule has 2 N–H and O–H groups in total. The highest BCUT2D eigenvalue weighted by atomic mass is 35.5. The van der Waals surface area contributed by atoms with Crippen LogP contribution in [-0.2, 0) is 25.8 Å². The van der Waals surface area contributed by atoms with Crippen LogP contribution in [0, 0.1) is 12.8 Å². The van der Waals surface area contributed by atoms with Crippen molar-refractivity contribution in [2.45, 2.75) is 43.8 Å². The molecule has 0 bridgehead atoms. The fourth-order valence-electron chi connectivity index (χ4n) is 3.69. The molecule has 7 nitrogen and oxygen atoms in total. The Morgan fingerprint density at radius 1 is 1.09 bits per heavy atom. The number of nitrogens with one attached hydrogen (secondary N) is 2. The zero-order chi connectivity index (χ0) is 26.0. The van der Waals surface area contributed by atoms with Crippen LogP contribution in [-0.4, -0.2) is 43.7 Å². The molecule has 0 unspecified atom stereocenters. The highest BCUT2D eigenvalue weighted by molar-refractivity contribution is 7.89. The Labute approximate surface area is 206 Å². The maximum absolute atomic E-state index is 13.0. The number of piperidine rings is 1. The Kier molecular flexibility index (Phi) is 8.13. The molecule has 2 aromatic rings. The third-order valence-corrected chi connectivity index (χ3v) is 8.02. The van der Waals surface area contributed by atoms with Crippen molar-refractivity contribution < 1.29 is 31.2 Å². The lowest BCUT2D eigenvalue weighted by atomic mass is 9.97. The Bertz CT molecular complexity index is 1200. The summed E-state index contributed by atoms with van der Waals surface area (Å²) in [7, 11) is -3.67. The Hall–Kier alpha value is -2.63. The van der Waals surface area contributed by atoms with Gasteiger partial charge in [-0.2, -0.15) is 17.5 Å². The van der Waals surface area contributed by atoms with Gasteiger partial charge in [-0.15, -0.1) is 0 Å². The van der Waals surface area contributed by atoms with E-state index in [0.29, 0.717) is 0 Å². The summed E-state index contributed by atoms with van der Waals surface area (Å²) in [5, 5.41) is 4.40. The van der Waals surface area contributed by atoms with E-state index in [4.69, 9.17) is 11.6 Å². The van der Waals surface area contributed by atoms with Crippen molar-refractivity contribution in [3.05, 3.63) is 58.6 Å².